The summed E-state index contributed by atoms with van der Waals surface area (Å²) in [6.45, 7) is 10.2. The van der Waals surface area contributed by atoms with Crippen molar-refractivity contribution in [1.29, 1.82) is 0 Å². The molecule has 1 unspecified atom stereocenters. The summed E-state index contributed by atoms with van der Waals surface area (Å²) in [6, 6.07) is 2.98. The van der Waals surface area contributed by atoms with E-state index in [2.05, 4.69) is 22.6 Å². The van der Waals surface area contributed by atoms with Crippen molar-refractivity contribution in [3.63, 3.8) is 0 Å². The zero-order valence-corrected chi connectivity index (χ0v) is 19.5. The van der Waals surface area contributed by atoms with Gasteiger partial charge in [0, 0.05) is 17.6 Å². The van der Waals surface area contributed by atoms with Crippen LogP contribution < -0.4 is 26.2 Å². The van der Waals surface area contributed by atoms with Crippen LogP contribution in [0.3, 0.4) is 0 Å². The fourth-order valence-electron chi connectivity index (χ4n) is 4.60. The van der Waals surface area contributed by atoms with Crippen LogP contribution in [0.1, 0.15) is 70.7 Å². The summed E-state index contributed by atoms with van der Waals surface area (Å²) in [7, 11) is 0. The number of anilines is 1. The van der Waals surface area contributed by atoms with Crippen LogP contribution in [0.15, 0.2) is 12.1 Å². The second-order valence-electron chi connectivity index (χ2n) is 9.86. The number of hydrogen-bond donors (Lipinski definition) is 3. The van der Waals surface area contributed by atoms with Crippen LogP contribution in [-0.2, 0) is 4.74 Å². The van der Waals surface area contributed by atoms with Gasteiger partial charge in [0.2, 0.25) is 0 Å². The molecule has 1 aliphatic carbocycles. The largest absolute Gasteiger partial charge is 0.484 e. The molecule has 9 heteroatoms. The van der Waals surface area contributed by atoms with Crippen molar-refractivity contribution >= 4 is 17.7 Å². The molecule has 0 bridgehead atoms. The number of hydrazine groups is 1. The van der Waals surface area contributed by atoms with E-state index in [9.17, 15) is 14.0 Å². The van der Waals surface area contributed by atoms with Gasteiger partial charge in [0.15, 0.2) is 11.6 Å². The third-order valence-corrected chi connectivity index (χ3v) is 6.17. The number of carbonyl (C=O) groups is 2. The van der Waals surface area contributed by atoms with E-state index in [-0.39, 0.29) is 35.6 Å². The molecule has 0 spiro atoms. The van der Waals surface area contributed by atoms with E-state index in [1.807, 2.05) is 27.7 Å². The number of nitrogen functional groups attached to an aromatic ring is 1. The molecule has 2 amide bonds. The van der Waals surface area contributed by atoms with Gasteiger partial charge in [-0.25, -0.2) is 15.0 Å². The van der Waals surface area contributed by atoms with Gasteiger partial charge in [0.1, 0.15) is 11.7 Å². The van der Waals surface area contributed by atoms with Gasteiger partial charge in [-0.1, -0.05) is 0 Å². The first-order valence-electron chi connectivity index (χ1n) is 11.3. The Kier molecular flexibility index (Phi) is 7.17. The highest BCUT2D eigenvalue weighted by Crippen LogP contribution is 2.41. The highest BCUT2D eigenvalue weighted by Gasteiger charge is 2.35. The summed E-state index contributed by atoms with van der Waals surface area (Å²) < 4.78 is 25.9. The summed E-state index contributed by atoms with van der Waals surface area (Å²) in [4.78, 5) is 26.2. The minimum absolute atomic E-state index is 0.0847. The van der Waals surface area contributed by atoms with Crippen molar-refractivity contribution in [2.45, 2.75) is 84.1 Å². The Labute approximate surface area is 189 Å². The van der Waals surface area contributed by atoms with Crippen molar-refractivity contribution in [1.82, 2.24) is 10.7 Å². The lowest BCUT2D eigenvalue weighted by Crippen LogP contribution is -2.49. The number of nitrogens with zero attached hydrogens (tertiary/aromatic N) is 1. The van der Waals surface area contributed by atoms with Gasteiger partial charge in [-0.2, -0.15) is 0 Å². The molecule has 1 fully saturated rings. The lowest BCUT2D eigenvalue weighted by Gasteiger charge is -2.44. The molecule has 1 aliphatic heterocycles. The molecule has 0 radical (unpaired) electrons. The Morgan fingerprint density at radius 2 is 1.91 bits per heavy atom. The second-order valence-corrected chi connectivity index (χ2v) is 9.86. The summed E-state index contributed by atoms with van der Waals surface area (Å²) in [5.41, 5.74) is 2.26. The zero-order chi connectivity index (χ0) is 23.6. The van der Waals surface area contributed by atoms with E-state index in [4.69, 9.17) is 15.3 Å². The van der Waals surface area contributed by atoms with Crippen LogP contribution in [0, 0.1) is 11.7 Å². The summed E-state index contributed by atoms with van der Waals surface area (Å²) in [6.07, 6.45) is 2.99. The maximum atomic E-state index is 14.7. The average Bonchev–Trinajstić information content (AvgIpc) is 2.71. The molecule has 8 nitrogen and oxygen atoms in total. The molecule has 32 heavy (non-hydrogen) atoms. The monoisotopic (exact) mass is 450 g/mol. The number of benzene rings is 1. The molecular formula is C23H35FN4O4. The molecule has 2 aliphatic rings. The summed E-state index contributed by atoms with van der Waals surface area (Å²) >= 11 is 0. The van der Waals surface area contributed by atoms with E-state index in [0.717, 1.165) is 31.7 Å². The van der Waals surface area contributed by atoms with E-state index >= 15 is 0 Å². The van der Waals surface area contributed by atoms with Gasteiger partial charge in [-0.3, -0.25) is 10.2 Å². The number of amides is 2. The summed E-state index contributed by atoms with van der Waals surface area (Å²) in [5.74, 6) is 4.65. The Hall–Kier alpha value is -2.55. The molecule has 3 rings (SSSR count). The molecule has 2 atom stereocenters. The molecule has 4 N–H and O–H groups in total. The highest BCUT2D eigenvalue weighted by atomic mass is 19.1. The summed E-state index contributed by atoms with van der Waals surface area (Å²) in [5, 5.41) is 2.97. The fraction of sp³-hybridized carbons (Fsp3) is 0.652. The normalized spacial score (nSPS) is 24.1. The number of ether oxygens (including phenoxy) is 2. The maximum absolute atomic E-state index is 14.7. The van der Waals surface area contributed by atoms with Crippen LogP contribution in [0.25, 0.3) is 0 Å². The quantitative estimate of drug-likeness (QED) is 0.368. The van der Waals surface area contributed by atoms with Gasteiger partial charge >= 0.3 is 6.09 Å². The number of fused-ring (bicyclic) bond motifs is 1. The van der Waals surface area contributed by atoms with Crippen LogP contribution in [0.2, 0.25) is 0 Å². The highest BCUT2D eigenvalue weighted by molar-refractivity contribution is 5.95. The van der Waals surface area contributed by atoms with Gasteiger partial charge in [-0.05, 0) is 78.4 Å². The van der Waals surface area contributed by atoms with Crippen molar-refractivity contribution in [3.05, 3.63) is 23.5 Å². The number of nitrogens with two attached hydrogens (primary N) is 1. The number of hydrogen-bond acceptors (Lipinski definition) is 6. The average molecular weight is 451 g/mol. The molecule has 0 aromatic heterocycles. The number of rotatable bonds is 4. The zero-order valence-electron chi connectivity index (χ0n) is 19.5. The first kappa shape index (κ1) is 24.1. The first-order valence-corrected chi connectivity index (χ1v) is 11.3. The Bertz CT molecular complexity index is 849. The molecule has 1 aromatic carbocycles. The fourth-order valence-corrected chi connectivity index (χ4v) is 4.60. The lowest BCUT2D eigenvalue weighted by atomic mass is 9.81. The van der Waals surface area contributed by atoms with E-state index < -0.39 is 17.3 Å². The van der Waals surface area contributed by atoms with Gasteiger partial charge in [0.05, 0.1) is 12.2 Å². The van der Waals surface area contributed by atoms with E-state index in [1.165, 1.54) is 0 Å². The third kappa shape index (κ3) is 5.62. The number of alkyl carbamates (subject to hydrolysis) is 1. The Morgan fingerprint density at radius 1 is 1.25 bits per heavy atom. The molecule has 1 saturated carbocycles. The molecule has 178 valence electrons. The Morgan fingerprint density at radius 3 is 2.50 bits per heavy atom. The molecular weight excluding hydrogens is 415 g/mol. The topological polar surface area (TPSA) is 106 Å². The van der Waals surface area contributed by atoms with Crippen molar-refractivity contribution in [2.24, 2.45) is 11.8 Å². The maximum Gasteiger partial charge on any atom is 0.407 e. The van der Waals surface area contributed by atoms with Gasteiger partial charge < -0.3 is 19.7 Å². The minimum atomic E-state index is -0.574. The number of nitrogens with one attached hydrogen (secondary N) is 2. The third-order valence-electron chi connectivity index (χ3n) is 6.17. The SMILES string of the molecule is CC1CN([C@@H](C)C2CCC(NC(=O)OC(C)(C)C)CC2)c2cc(C(=O)NN)cc(F)c2O1. The minimum Gasteiger partial charge on any atom is -0.484 e. The predicted octanol–water partition coefficient (Wildman–Crippen LogP) is 3.49. The van der Waals surface area contributed by atoms with Crippen LogP contribution in [0.5, 0.6) is 5.75 Å². The molecule has 1 aromatic rings. The van der Waals surface area contributed by atoms with E-state index in [0.29, 0.717) is 18.2 Å². The Balaban J connectivity index is 1.70. The van der Waals surface area contributed by atoms with Crippen LogP contribution in [-0.4, -0.2) is 42.3 Å². The smallest absolute Gasteiger partial charge is 0.407 e. The predicted molar refractivity (Wildman–Crippen MR) is 120 cm³/mol. The lowest BCUT2D eigenvalue weighted by molar-refractivity contribution is 0.0485. The molecule has 0 saturated heterocycles. The van der Waals surface area contributed by atoms with Crippen molar-refractivity contribution in [2.75, 3.05) is 11.4 Å². The number of halogens is 1. The van der Waals surface area contributed by atoms with E-state index in [1.54, 1.807) is 6.07 Å². The van der Waals surface area contributed by atoms with Gasteiger partial charge in [-0.15, -0.1) is 0 Å². The van der Waals surface area contributed by atoms with Crippen LogP contribution in [0.4, 0.5) is 14.9 Å². The van der Waals surface area contributed by atoms with Crippen molar-refractivity contribution in [3.8, 4) is 5.75 Å². The number of carbonyl (C=O) groups excluding carboxylic acids is 2. The van der Waals surface area contributed by atoms with Gasteiger partial charge in [0.25, 0.3) is 5.91 Å². The standard InChI is InChI=1S/C23H35FN4O4/c1-13-12-28(19-11-16(21(29)27-25)10-18(24)20(19)31-13)14(2)15-6-8-17(9-7-15)26-22(30)32-23(3,4)5/h10-11,13-15,17H,6-9,12,25H2,1-5H3,(H,26,30)(H,27,29)/t13?,14-,15?,17?/m0/s1. The molecule has 1 heterocycles. The second kappa shape index (κ2) is 9.52. The first-order chi connectivity index (χ1) is 15.0. The van der Waals surface area contributed by atoms with Crippen molar-refractivity contribution < 1.29 is 23.5 Å². The van der Waals surface area contributed by atoms with Crippen LogP contribution >= 0.6 is 0 Å².